The maximum Gasteiger partial charge on any atom is 0.302 e. The van der Waals surface area contributed by atoms with Gasteiger partial charge in [0.15, 0.2) is 5.88 Å². The molecule has 1 fully saturated rings. The fourth-order valence-corrected chi connectivity index (χ4v) is 1.45. The van der Waals surface area contributed by atoms with Gasteiger partial charge in [0, 0.05) is 11.3 Å². The Kier molecular flexibility index (Phi) is 5.57. The molecule has 0 amide bonds. The number of hydrogen-bond acceptors (Lipinski definition) is 7. The number of rotatable bonds is 7. The molecule has 1 aliphatic rings. The van der Waals surface area contributed by atoms with Crippen LogP contribution in [-0.2, 0) is 4.74 Å². The van der Waals surface area contributed by atoms with E-state index in [4.69, 9.17) is 21.9 Å². The van der Waals surface area contributed by atoms with E-state index in [0.717, 1.165) is 31.0 Å². The van der Waals surface area contributed by atoms with Crippen LogP contribution < -0.4 is 17.2 Å². The second-order valence-corrected chi connectivity index (χ2v) is 4.33. The van der Waals surface area contributed by atoms with Gasteiger partial charge in [0.2, 0.25) is 0 Å². The zero-order chi connectivity index (χ0) is 15.1. The summed E-state index contributed by atoms with van der Waals surface area (Å²) in [7, 11) is 1.43. The Morgan fingerprint density at radius 3 is 2.60 bits per heavy atom. The Morgan fingerprint density at radius 1 is 1.50 bits per heavy atom. The van der Waals surface area contributed by atoms with E-state index in [9.17, 15) is 10.1 Å². The minimum Gasteiger partial charge on any atom is -0.482 e. The van der Waals surface area contributed by atoms with Gasteiger partial charge >= 0.3 is 5.70 Å². The Balaban J connectivity index is 2.79. The average molecular weight is 281 g/mol. The Hall–Kier alpha value is -2.51. The monoisotopic (exact) mass is 281 g/mol. The summed E-state index contributed by atoms with van der Waals surface area (Å²) in [5.41, 5.74) is 17.7. The molecule has 0 radical (unpaired) electrons. The van der Waals surface area contributed by atoms with Crippen LogP contribution in [0.4, 0.5) is 0 Å². The molecule has 0 aliphatic heterocycles. The number of nitro groups is 1. The van der Waals surface area contributed by atoms with Crippen LogP contribution in [0.1, 0.15) is 12.8 Å². The summed E-state index contributed by atoms with van der Waals surface area (Å²) in [6, 6.07) is 0. The number of nitrogens with two attached hydrogens (primary N) is 3. The van der Waals surface area contributed by atoms with E-state index in [1.165, 1.54) is 7.11 Å². The van der Waals surface area contributed by atoms with Crippen molar-refractivity contribution in [3.05, 3.63) is 45.2 Å². The zero-order valence-electron chi connectivity index (χ0n) is 11.3. The van der Waals surface area contributed by atoms with E-state index in [1.54, 1.807) is 6.08 Å². The molecule has 0 unspecified atom stereocenters. The molecule has 8 heteroatoms. The lowest BCUT2D eigenvalue weighted by Crippen LogP contribution is -2.09. The van der Waals surface area contributed by atoms with Crippen molar-refractivity contribution in [2.24, 2.45) is 28.1 Å². The van der Waals surface area contributed by atoms with Gasteiger partial charge in [0.1, 0.15) is 6.21 Å². The predicted octanol–water partition coefficient (Wildman–Crippen LogP) is 0.203. The van der Waals surface area contributed by atoms with Gasteiger partial charge in [-0.15, -0.1) is 0 Å². The molecule has 0 aromatic carbocycles. The third-order valence-electron chi connectivity index (χ3n) is 2.79. The van der Waals surface area contributed by atoms with Crippen LogP contribution in [0.3, 0.4) is 0 Å². The van der Waals surface area contributed by atoms with Crippen molar-refractivity contribution in [3.63, 3.8) is 0 Å². The summed E-state index contributed by atoms with van der Waals surface area (Å²) in [5, 5.41) is 10.5. The molecule has 1 saturated carbocycles. The molecule has 1 rings (SSSR count). The quantitative estimate of drug-likeness (QED) is 0.200. The average Bonchev–Trinajstić information content (AvgIpc) is 3.25. The number of methoxy groups -OCH3 is 1. The van der Waals surface area contributed by atoms with E-state index in [2.05, 4.69) is 4.99 Å². The van der Waals surface area contributed by atoms with Crippen LogP contribution in [-0.4, -0.2) is 24.8 Å². The minimum absolute atomic E-state index is 0.123. The lowest BCUT2D eigenvalue weighted by molar-refractivity contribution is -0.414. The first-order valence-corrected chi connectivity index (χ1v) is 6.05. The van der Waals surface area contributed by atoms with Crippen molar-refractivity contribution in [2.45, 2.75) is 12.8 Å². The van der Waals surface area contributed by atoms with Crippen molar-refractivity contribution in [1.82, 2.24) is 0 Å². The molecule has 8 nitrogen and oxygen atoms in total. The van der Waals surface area contributed by atoms with Crippen molar-refractivity contribution in [1.29, 1.82) is 0 Å². The van der Waals surface area contributed by atoms with Crippen molar-refractivity contribution < 1.29 is 9.66 Å². The smallest absolute Gasteiger partial charge is 0.302 e. The number of hydrogen-bond donors (Lipinski definition) is 3. The standard InChI is InChI=1S/C12H19N5O3/c1-20-12(15)9(4-11(14)8-2-3-8)6-16-7-10(5-13)17(18)19/h4-5,7-8H,2-3,6,13-15H2,1H3/b10-5+,11-4-,12-9-,16-7?. The van der Waals surface area contributed by atoms with Gasteiger partial charge in [0.05, 0.1) is 24.8 Å². The molecule has 0 heterocycles. The van der Waals surface area contributed by atoms with Crippen molar-refractivity contribution in [3.8, 4) is 0 Å². The highest BCUT2D eigenvalue weighted by Gasteiger charge is 2.24. The van der Waals surface area contributed by atoms with E-state index >= 15 is 0 Å². The maximum absolute atomic E-state index is 10.5. The second kappa shape index (κ2) is 7.17. The van der Waals surface area contributed by atoms with Gasteiger partial charge in [-0.25, -0.2) is 0 Å². The Morgan fingerprint density at radius 2 is 2.15 bits per heavy atom. The van der Waals surface area contributed by atoms with E-state index in [0.29, 0.717) is 11.5 Å². The van der Waals surface area contributed by atoms with Gasteiger partial charge in [-0.2, -0.15) is 0 Å². The molecule has 0 aromatic rings. The fourth-order valence-electron chi connectivity index (χ4n) is 1.45. The highest BCUT2D eigenvalue weighted by molar-refractivity contribution is 5.75. The van der Waals surface area contributed by atoms with E-state index in [-0.39, 0.29) is 18.1 Å². The summed E-state index contributed by atoms with van der Waals surface area (Å²) >= 11 is 0. The third-order valence-corrected chi connectivity index (χ3v) is 2.79. The highest BCUT2D eigenvalue weighted by Crippen LogP contribution is 2.34. The maximum atomic E-state index is 10.5. The topological polar surface area (TPSA) is 143 Å². The molecule has 110 valence electrons. The molecule has 0 bridgehead atoms. The number of nitrogens with zero attached hydrogens (tertiary/aromatic N) is 2. The fraction of sp³-hybridized carbons (Fsp3) is 0.417. The summed E-state index contributed by atoms with van der Waals surface area (Å²) in [6.07, 6.45) is 5.79. The Bertz CT molecular complexity index is 489. The van der Waals surface area contributed by atoms with Gasteiger partial charge in [0.25, 0.3) is 0 Å². The van der Waals surface area contributed by atoms with Gasteiger partial charge in [-0.05, 0) is 24.8 Å². The lowest BCUT2D eigenvalue weighted by atomic mass is 10.2. The normalized spacial score (nSPS) is 18.1. The first-order valence-electron chi connectivity index (χ1n) is 6.05. The molecular formula is C12H19N5O3. The largest absolute Gasteiger partial charge is 0.482 e. The molecule has 0 saturated heterocycles. The van der Waals surface area contributed by atoms with Crippen LogP contribution in [0.25, 0.3) is 0 Å². The lowest BCUT2D eigenvalue weighted by Gasteiger charge is -2.06. The Labute approximate surface area is 116 Å². The van der Waals surface area contributed by atoms with Crippen LogP contribution in [0.15, 0.2) is 40.1 Å². The van der Waals surface area contributed by atoms with Crippen molar-refractivity contribution >= 4 is 6.21 Å². The number of aliphatic imine (C=N–C) groups is 1. The van der Waals surface area contributed by atoms with E-state index in [1.807, 2.05) is 0 Å². The summed E-state index contributed by atoms with van der Waals surface area (Å²) in [6.45, 7) is 0.123. The van der Waals surface area contributed by atoms with Gasteiger partial charge in [-0.3, -0.25) is 15.1 Å². The summed E-state index contributed by atoms with van der Waals surface area (Å²) in [4.78, 5) is 13.9. The SMILES string of the molecule is CO/C(N)=C(/C=C(\N)C1CC1)CN=C/C(=C\N)[N+](=O)[O-]. The second-order valence-electron chi connectivity index (χ2n) is 4.33. The molecule has 0 atom stereocenters. The van der Waals surface area contributed by atoms with E-state index < -0.39 is 4.92 Å². The van der Waals surface area contributed by atoms with Crippen molar-refractivity contribution in [2.75, 3.05) is 13.7 Å². The molecule has 0 spiro atoms. The molecule has 0 aromatic heterocycles. The molecular weight excluding hydrogens is 262 g/mol. The first kappa shape index (κ1) is 15.5. The molecule has 6 N–H and O–H groups in total. The predicted molar refractivity (Wildman–Crippen MR) is 75.8 cm³/mol. The summed E-state index contributed by atoms with van der Waals surface area (Å²) < 4.78 is 4.95. The first-order chi connectivity index (χ1) is 9.49. The van der Waals surface area contributed by atoms with Crippen LogP contribution in [0.5, 0.6) is 0 Å². The number of ether oxygens (including phenoxy) is 1. The zero-order valence-corrected chi connectivity index (χ0v) is 11.3. The van der Waals surface area contributed by atoms with Crippen LogP contribution >= 0.6 is 0 Å². The van der Waals surface area contributed by atoms with Crippen LogP contribution in [0.2, 0.25) is 0 Å². The minimum atomic E-state index is -0.624. The highest BCUT2D eigenvalue weighted by atomic mass is 16.6. The number of allylic oxidation sites excluding steroid dienone is 2. The molecule has 20 heavy (non-hydrogen) atoms. The third kappa shape index (κ3) is 4.63. The van der Waals surface area contributed by atoms with Crippen LogP contribution in [0, 0.1) is 16.0 Å². The summed E-state index contributed by atoms with van der Waals surface area (Å²) in [5.74, 6) is 0.571. The van der Waals surface area contributed by atoms with Gasteiger partial charge < -0.3 is 21.9 Å². The molecule has 1 aliphatic carbocycles. The van der Waals surface area contributed by atoms with Gasteiger partial charge in [-0.1, -0.05) is 0 Å².